The van der Waals surface area contributed by atoms with Gasteiger partial charge in [0.2, 0.25) is 5.91 Å². The average Bonchev–Trinajstić information content (AvgIpc) is 2.36. The molecule has 4 N–H and O–H groups in total. The van der Waals surface area contributed by atoms with Gasteiger partial charge in [0, 0.05) is 26.1 Å². The van der Waals surface area contributed by atoms with Crippen LogP contribution in [0.4, 0.5) is 4.79 Å². The topological polar surface area (TPSA) is 117 Å². The molecule has 0 saturated heterocycles. The molecular weight excluding hydrogens is 266 g/mol. The van der Waals surface area contributed by atoms with Crippen molar-refractivity contribution in [1.29, 1.82) is 0 Å². The van der Waals surface area contributed by atoms with Crippen LogP contribution in [-0.4, -0.2) is 55.9 Å². The van der Waals surface area contributed by atoms with Gasteiger partial charge >= 0.3 is 12.0 Å². The second-order valence-electron chi connectivity index (χ2n) is 4.36. The van der Waals surface area contributed by atoms with Crippen LogP contribution in [0.5, 0.6) is 0 Å². The Morgan fingerprint density at radius 2 is 1.95 bits per heavy atom. The third-order valence-electron chi connectivity index (χ3n) is 2.44. The molecule has 0 aliphatic rings. The summed E-state index contributed by atoms with van der Waals surface area (Å²) in [5, 5.41) is 16.1. The van der Waals surface area contributed by atoms with E-state index in [0.717, 1.165) is 0 Å². The van der Waals surface area contributed by atoms with E-state index in [0.29, 0.717) is 26.0 Å². The number of carboxylic acid groups (broad SMARTS) is 1. The first-order chi connectivity index (χ1) is 9.45. The maximum Gasteiger partial charge on any atom is 0.315 e. The van der Waals surface area contributed by atoms with Crippen molar-refractivity contribution in [3.63, 3.8) is 0 Å². The van der Waals surface area contributed by atoms with Crippen LogP contribution in [0.2, 0.25) is 0 Å². The number of amides is 3. The molecule has 0 spiro atoms. The number of methoxy groups -OCH3 is 1. The van der Waals surface area contributed by atoms with Crippen LogP contribution < -0.4 is 16.0 Å². The molecule has 8 heteroatoms. The van der Waals surface area contributed by atoms with E-state index in [-0.39, 0.29) is 24.9 Å². The van der Waals surface area contributed by atoms with Gasteiger partial charge in [0.25, 0.3) is 0 Å². The number of hydrogen-bond donors (Lipinski definition) is 4. The standard InChI is InChI=1S/C12H23N3O5/c1-9(4-3-5-11(17)18)15-12(19)14-8-10(16)13-6-7-20-2/h9H,3-8H2,1-2H3,(H,13,16)(H,17,18)(H2,14,15,19). The summed E-state index contributed by atoms with van der Waals surface area (Å²) < 4.78 is 4.77. The summed E-state index contributed by atoms with van der Waals surface area (Å²) in [5.74, 6) is -1.15. The normalized spacial score (nSPS) is 11.5. The van der Waals surface area contributed by atoms with E-state index in [2.05, 4.69) is 16.0 Å². The molecule has 0 aromatic rings. The summed E-state index contributed by atoms with van der Waals surface area (Å²) >= 11 is 0. The van der Waals surface area contributed by atoms with Gasteiger partial charge in [-0.1, -0.05) is 0 Å². The molecule has 0 aliphatic heterocycles. The van der Waals surface area contributed by atoms with Crippen molar-refractivity contribution < 1.29 is 24.2 Å². The van der Waals surface area contributed by atoms with Gasteiger partial charge in [0.1, 0.15) is 0 Å². The average molecular weight is 289 g/mol. The number of hydrogen-bond acceptors (Lipinski definition) is 4. The molecule has 0 rings (SSSR count). The second kappa shape index (κ2) is 11.0. The predicted molar refractivity (Wildman–Crippen MR) is 72.4 cm³/mol. The van der Waals surface area contributed by atoms with Crippen LogP contribution in [0.25, 0.3) is 0 Å². The molecule has 0 saturated carbocycles. The summed E-state index contributed by atoms with van der Waals surface area (Å²) in [7, 11) is 1.53. The molecule has 1 unspecified atom stereocenters. The largest absolute Gasteiger partial charge is 0.481 e. The van der Waals surface area contributed by atoms with Crippen molar-refractivity contribution >= 4 is 17.9 Å². The zero-order valence-electron chi connectivity index (χ0n) is 11.9. The van der Waals surface area contributed by atoms with Gasteiger partial charge in [-0.15, -0.1) is 0 Å². The highest BCUT2D eigenvalue weighted by atomic mass is 16.5. The molecule has 0 bridgehead atoms. The Kier molecular flexibility index (Phi) is 10.0. The molecule has 0 aromatic carbocycles. The van der Waals surface area contributed by atoms with Gasteiger partial charge in [0.05, 0.1) is 13.2 Å². The van der Waals surface area contributed by atoms with Crippen LogP contribution in [0, 0.1) is 0 Å². The van der Waals surface area contributed by atoms with E-state index < -0.39 is 12.0 Å². The van der Waals surface area contributed by atoms with Crippen LogP contribution in [0.1, 0.15) is 26.2 Å². The Hall–Kier alpha value is -1.83. The summed E-state index contributed by atoms with van der Waals surface area (Å²) in [6.45, 7) is 2.47. The third kappa shape index (κ3) is 11.3. The van der Waals surface area contributed by atoms with E-state index in [1.165, 1.54) is 7.11 Å². The van der Waals surface area contributed by atoms with Crippen LogP contribution in [0.15, 0.2) is 0 Å². The maximum atomic E-state index is 11.4. The number of nitrogens with one attached hydrogen (secondary N) is 3. The monoisotopic (exact) mass is 289 g/mol. The lowest BCUT2D eigenvalue weighted by Gasteiger charge is -2.14. The van der Waals surface area contributed by atoms with E-state index >= 15 is 0 Å². The van der Waals surface area contributed by atoms with Crippen molar-refractivity contribution in [3.05, 3.63) is 0 Å². The minimum atomic E-state index is -0.852. The molecule has 1 atom stereocenters. The molecule has 0 radical (unpaired) electrons. The molecule has 0 aliphatic carbocycles. The molecule has 116 valence electrons. The zero-order valence-corrected chi connectivity index (χ0v) is 11.9. The number of carbonyl (C=O) groups excluding carboxylic acids is 2. The first-order valence-corrected chi connectivity index (χ1v) is 6.47. The van der Waals surface area contributed by atoms with Crippen molar-refractivity contribution in [3.8, 4) is 0 Å². The molecule has 0 aromatic heterocycles. The SMILES string of the molecule is COCCNC(=O)CNC(=O)NC(C)CCCC(=O)O. The third-order valence-corrected chi connectivity index (χ3v) is 2.44. The molecule has 0 heterocycles. The second-order valence-corrected chi connectivity index (χ2v) is 4.36. The van der Waals surface area contributed by atoms with Gasteiger partial charge in [-0.25, -0.2) is 4.79 Å². The quantitative estimate of drug-likeness (QED) is 0.412. The molecule has 20 heavy (non-hydrogen) atoms. The van der Waals surface area contributed by atoms with Gasteiger partial charge in [-0.3, -0.25) is 9.59 Å². The molecule has 3 amide bonds. The fourth-order valence-electron chi connectivity index (χ4n) is 1.42. The predicted octanol–water partition coefficient (Wildman–Crippen LogP) is -0.308. The number of carboxylic acids is 1. The molecule has 0 fully saturated rings. The van der Waals surface area contributed by atoms with Gasteiger partial charge in [-0.05, 0) is 19.8 Å². The fraction of sp³-hybridized carbons (Fsp3) is 0.750. The van der Waals surface area contributed by atoms with Crippen LogP contribution in [-0.2, 0) is 14.3 Å². The Bertz CT molecular complexity index is 322. The Morgan fingerprint density at radius 1 is 1.25 bits per heavy atom. The number of urea groups is 1. The summed E-state index contributed by atoms with van der Waals surface area (Å²) in [6.07, 6.45) is 1.14. The van der Waals surface area contributed by atoms with Gasteiger partial charge in [-0.2, -0.15) is 0 Å². The Labute approximate surface area is 118 Å². The van der Waals surface area contributed by atoms with Crippen molar-refractivity contribution in [1.82, 2.24) is 16.0 Å². The van der Waals surface area contributed by atoms with Gasteiger partial charge < -0.3 is 25.8 Å². The minimum absolute atomic E-state index is 0.0789. The Morgan fingerprint density at radius 3 is 2.55 bits per heavy atom. The lowest BCUT2D eigenvalue weighted by atomic mass is 10.1. The van der Waals surface area contributed by atoms with Crippen molar-refractivity contribution in [2.75, 3.05) is 26.8 Å². The smallest absolute Gasteiger partial charge is 0.315 e. The molecule has 8 nitrogen and oxygen atoms in total. The highest BCUT2D eigenvalue weighted by Crippen LogP contribution is 2.00. The van der Waals surface area contributed by atoms with Crippen LogP contribution in [0.3, 0.4) is 0 Å². The lowest BCUT2D eigenvalue weighted by molar-refractivity contribution is -0.137. The van der Waals surface area contributed by atoms with E-state index in [1.54, 1.807) is 6.92 Å². The summed E-state index contributed by atoms with van der Waals surface area (Å²) in [4.78, 5) is 33.1. The number of aliphatic carboxylic acids is 1. The van der Waals surface area contributed by atoms with E-state index in [1.807, 2.05) is 0 Å². The zero-order chi connectivity index (χ0) is 15.4. The fourth-order valence-corrected chi connectivity index (χ4v) is 1.42. The van der Waals surface area contributed by atoms with Gasteiger partial charge in [0.15, 0.2) is 0 Å². The first-order valence-electron chi connectivity index (χ1n) is 6.47. The first kappa shape index (κ1) is 18.2. The highest BCUT2D eigenvalue weighted by molar-refractivity contribution is 5.83. The number of rotatable bonds is 10. The van der Waals surface area contributed by atoms with Crippen molar-refractivity contribution in [2.45, 2.75) is 32.2 Å². The Balaban J connectivity index is 3.66. The number of ether oxygens (including phenoxy) is 1. The van der Waals surface area contributed by atoms with Crippen molar-refractivity contribution in [2.24, 2.45) is 0 Å². The maximum absolute atomic E-state index is 11.4. The summed E-state index contributed by atoms with van der Waals surface area (Å²) in [6, 6.07) is -0.597. The summed E-state index contributed by atoms with van der Waals surface area (Å²) in [5.41, 5.74) is 0. The number of carbonyl (C=O) groups is 3. The van der Waals surface area contributed by atoms with E-state index in [9.17, 15) is 14.4 Å². The van der Waals surface area contributed by atoms with E-state index in [4.69, 9.17) is 9.84 Å². The lowest BCUT2D eigenvalue weighted by Crippen LogP contribution is -2.45. The minimum Gasteiger partial charge on any atom is -0.481 e. The molecular formula is C12H23N3O5. The highest BCUT2D eigenvalue weighted by Gasteiger charge is 2.09. The van der Waals surface area contributed by atoms with Crippen LogP contribution >= 0.6 is 0 Å².